The fourth-order valence-corrected chi connectivity index (χ4v) is 8.15. The largest absolute Gasteiger partial charge is 0.368 e. The molecule has 7 nitrogen and oxygen atoms in total. The maximum Gasteiger partial charge on any atom is 0.221 e. The zero-order chi connectivity index (χ0) is 24.3. The summed E-state index contributed by atoms with van der Waals surface area (Å²) in [5.41, 5.74) is 1.02. The van der Waals surface area contributed by atoms with Crippen LogP contribution in [-0.4, -0.2) is 46.6 Å². The number of hydrogen-bond donors (Lipinski definition) is 0. The third-order valence-corrected chi connectivity index (χ3v) is 10.3. The molecule has 0 unspecified atom stereocenters. The SMILES string of the molecule is C[C@H]1CC[C@H](c2ccccc2)S(=O)(=O)N1Cc1ccc(N2C[C@@H]3[C@H](C2)[C@H]3n2cnnc2)c(F)c1F. The maximum atomic E-state index is 15.2. The van der Waals surface area contributed by atoms with Crippen LogP contribution >= 0.6 is 0 Å². The Bertz CT molecular complexity index is 1320. The van der Waals surface area contributed by atoms with Crippen molar-refractivity contribution in [3.05, 3.63) is 77.9 Å². The molecule has 3 aliphatic rings. The Morgan fingerprint density at radius 1 is 0.943 bits per heavy atom. The van der Waals surface area contributed by atoms with E-state index in [0.717, 1.165) is 5.56 Å². The number of rotatable bonds is 5. The summed E-state index contributed by atoms with van der Waals surface area (Å²) in [4.78, 5) is 1.88. The van der Waals surface area contributed by atoms with E-state index in [1.165, 1.54) is 10.4 Å². The van der Waals surface area contributed by atoms with Gasteiger partial charge < -0.3 is 9.47 Å². The van der Waals surface area contributed by atoms with Gasteiger partial charge in [-0.25, -0.2) is 17.2 Å². The minimum atomic E-state index is -3.73. The van der Waals surface area contributed by atoms with Crippen LogP contribution in [0.25, 0.3) is 0 Å². The van der Waals surface area contributed by atoms with Gasteiger partial charge >= 0.3 is 0 Å². The monoisotopic (exact) mass is 499 g/mol. The number of anilines is 1. The quantitative estimate of drug-likeness (QED) is 0.532. The van der Waals surface area contributed by atoms with E-state index in [1.807, 2.05) is 34.6 Å². The van der Waals surface area contributed by atoms with Crippen molar-refractivity contribution in [1.29, 1.82) is 0 Å². The fourth-order valence-electron chi connectivity index (χ4n) is 5.96. The molecular weight excluding hydrogens is 472 g/mol. The molecule has 2 aromatic carbocycles. The topological polar surface area (TPSA) is 71.3 Å². The zero-order valence-corrected chi connectivity index (χ0v) is 20.2. The third kappa shape index (κ3) is 3.74. The highest BCUT2D eigenvalue weighted by molar-refractivity contribution is 7.89. The number of hydrogen-bond acceptors (Lipinski definition) is 5. The molecule has 0 radical (unpaired) electrons. The Morgan fingerprint density at radius 3 is 2.31 bits per heavy atom. The second-order valence-electron chi connectivity index (χ2n) is 9.92. The summed E-state index contributed by atoms with van der Waals surface area (Å²) in [5, 5.41) is 7.02. The van der Waals surface area contributed by atoms with Crippen molar-refractivity contribution in [3.63, 3.8) is 0 Å². The van der Waals surface area contributed by atoms with Crippen LogP contribution in [0.3, 0.4) is 0 Å². The summed E-state index contributed by atoms with van der Waals surface area (Å²) in [6, 6.07) is 12.2. The number of aromatic nitrogens is 3. The molecule has 3 fully saturated rings. The first-order valence-electron chi connectivity index (χ1n) is 12.0. The van der Waals surface area contributed by atoms with E-state index in [9.17, 15) is 8.42 Å². The van der Waals surface area contributed by atoms with E-state index in [-0.39, 0.29) is 23.8 Å². The molecule has 0 spiro atoms. The molecule has 6 rings (SSSR count). The van der Waals surface area contributed by atoms with Crippen LogP contribution in [0.1, 0.15) is 42.2 Å². The molecule has 2 saturated heterocycles. The third-order valence-electron chi connectivity index (χ3n) is 7.93. The van der Waals surface area contributed by atoms with Gasteiger partial charge in [-0.2, -0.15) is 4.31 Å². The average Bonchev–Trinajstić information content (AvgIpc) is 3.22. The van der Waals surface area contributed by atoms with Crippen LogP contribution in [-0.2, 0) is 16.6 Å². The summed E-state index contributed by atoms with van der Waals surface area (Å²) in [7, 11) is -3.73. The number of nitrogens with zero attached hydrogens (tertiary/aromatic N) is 5. The average molecular weight is 500 g/mol. The predicted molar refractivity (Wildman–Crippen MR) is 127 cm³/mol. The molecule has 1 saturated carbocycles. The summed E-state index contributed by atoms with van der Waals surface area (Å²) >= 11 is 0. The highest BCUT2D eigenvalue weighted by Crippen LogP contribution is 2.56. The minimum absolute atomic E-state index is 0.0575. The lowest BCUT2D eigenvalue weighted by molar-refractivity contribution is 0.278. The zero-order valence-electron chi connectivity index (χ0n) is 19.3. The van der Waals surface area contributed by atoms with Crippen LogP contribution in [0.15, 0.2) is 55.1 Å². The lowest BCUT2D eigenvalue weighted by Crippen LogP contribution is -2.44. The number of halogens is 2. The van der Waals surface area contributed by atoms with Gasteiger partial charge in [0, 0.05) is 49.1 Å². The van der Waals surface area contributed by atoms with Crippen LogP contribution in [0.4, 0.5) is 14.5 Å². The van der Waals surface area contributed by atoms with Gasteiger partial charge in [0.05, 0.1) is 5.69 Å². The van der Waals surface area contributed by atoms with Crippen molar-refractivity contribution in [2.24, 2.45) is 11.8 Å². The Kier molecular flexibility index (Phi) is 5.41. The van der Waals surface area contributed by atoms with Gasteiger partial charge in [-0.1, -0.05) is 36.4 Å². The number of benzene rings is 2. The van der Waals surface area contributed by atoms with Crippen molar-refractivity contribution in [3.8, 4) is 0 Å². The summed E-state index contributed by atoms with van der Waals surface area (Å²) in [6.07, 6.45) is 4.55. The minimum Gasteiger partial charge on any atom is -0.368 e. The molecule has 3 heterocycles. The van der Waals surface area contributed by atoms with Gasteiger partial charge in [-0.3, -0.25) is 0 Å². The molecule has 3 aromatic rings. The maximum absolute atomic E-state index is 15.2. The Labute approximate surface area is 203 Å². The molecular formula is C25H27F2N5O2S. The second-order valence-corrected chi connectivity index (χ2v) is 12.0. The second kappa shape index (κ2) is 8.37. The van der Waals surface area contributed by atoms with Crippen molar-refractivity contribution >= 4 is 15.7 Å². The molecule has 0 N–H and O–H groups in total. The Morgan fingerprint density at radius 2 is 1.63 bits per heavy atom. The first-order chi connectivity index (χ1) is 16.9. The van der Waals surface area contributed by atoms with Gasteiger partial charge in [-0.15, -0.1) is 10.2 Å². The van der Waals surface area contributed by atoms with E-state index in [1.54, 1.807) is 30.9 Å². The molecule has 184 valence electrons. The Hall–Kier alpha value is -2.85. The van der Waals surface area contributed by atoms with Crippen LogP contribution in [0.2, 0.25) is 0 Å². The van der Waals surface area contributed by atoms with Gasteiger partial charge in [0.1, 0.15) is 17.9 Å². The first kappa shape index (κ1) is 22.6. The molecule has 0 amide bonds. The lowest BCUT2D eigenvalue weighted by atomic mass is 10.0. The molecule has 5 atom stereocenters. The van der Waals surface area contributed by atoms with E-state index < -0.39 is 26.9 Å². The van der Waals surface area contributed by atoms with Crippen molar-refractivity contribution < 1.29 is 17.2 Å². The molecule has 1 aromatic heterocycles. The van der Waals surface area contributed by atoms with E-state index in [2.05, 4.69) is 10.2 Å². The lowest BCUT2D eigenvalue weighted by Gasteiger charge is -2.37. The predicted octanol–water partition coefficient (Wildman–Crippen LogP) is 3.92. The van der Waals surface area contributed by atoms with E-state index >= 15 is 8.78 Å². The van der Waals surface area contributed by atoms with Crippen LogP contribution < -0.4 is 4.90 Å². The standard InChI is InChI=1S/C25H27F2N5O2S/c1-16-7-10-22(17-5-3-2-4-6-17)35(33,34)32(16)11-18-8-9-21(24(27)23(18)26)30-12-19-20(13-30)25(19)31-14-28-29-15-31/h2-6,8-9,14-16,19-20,22,25H,7,10-13H2,1H3/t16-,19-,20+,22+,25+/m0/s1. The van der Waals surface area contributed by atoms with Crippen LogP contribution in [0, 0.1) is 23.5 Å². The van der Waals surface area contributed by atoms with E-state index in [0.29, 0.717) is 43.8 Å². The smallest absolute Gasteiger partial charge is 0.221 e. The first-order valence-corrected chi connectivity index (χ1v) is 13.5. The number of sulfonamides is 1. The highest BCUT2D eigenvalue weighted by Gasteiger charge is 2.57. The number of fused-ring (bicyclic) bond motifs is 1. The molecule has 2 aliphatic heterocycles. The summed E-state index contributed by atoms with van der Waals surface area (Å²) in [6.45, 7) is 2.92. The van der Waals surface area contributed by atoms with Crippen molar-refractivity contribution in [2.45, 2.75) is 43.6 Å². The normalized spacial score (nSPS) is 29.8. The summed E-state index contributed by atoms with van der Waals surface area (Å²) in [5.74, 6) is -1.15. The van der Waals surface area contributed by atoms with Gasteiger partial charge in [-0.05, 0) is 31.4 Å². The van der Waals surface area contributed by atoms with E-state index in [4.69, 9.17) is 0 Å². The van der Waals surface area contributed by atoms with Crippen molar-refractivity contribution in [2.75, 3.05) is 18.0 Å². The van der Waals surface area contributed by atoms with Gasteiger partial charge in [0.2, 0.25) is 10.0 Å². The Balaban J connectivity index is 1.21. The molecule has 35 heavy (non-hydrogen) atoms. The van der Waals surface area contributed by atoms with Gasteiger partial charge in [0.25, 0.3) is 0 Å². The van der Waals surface area contributed by atoms with Crippen molar-refractivity contribution in [1.82, 2.24) is 19.1 Å². The molecule has 0 bridgehead atoms. The fraction of sp³-hybridized carbons (Fsp3) is 0.440. The molecule has 10 heteroatoms. The highest BCUT2D eigenvalue weighted by atomic mass is 32.2. The number of piperidine rings is 1. The van der Waals surface area contributed by atoms with Crippen LogP contribution in [0.5, 0.6) is 0 Å². The summed E-state index contributed by atoms with van der Waals surface area (Å²) < 4.78 is 60.7. The molecule has 1 aliphatic carbocycles. The van der Waals surface area contributed by atoms with Gasteiger partial charge in [0.15, 0.2) is 11.6 Å².